The Balaban J connectivity index is 1.82. The third kappa shape index (κ3) is 7.31. The van der Waals surface area contributed by atoms with E-state index in [9.17, 15) is 0 Å². The summed E-state index contributed by atoms with van der Waals surface area (Å²) in [7, 11) is 0. The van der Waals surface area contributed by atoms with Crippen molar-refractivity contribution in [3.05, 3.63) is 11.6 Å². The van der Waals surface area contributed by atoms with Crippen molar-refractivity contribution < 1.29 is 4.74 Å². The largest absolute Gasteiger partial charge is 0.377 e. The molecular weight excluding hydrogens is 218 g/mol. The lowest BCUT2D eigenvalue weighted by Crippen LogP contribution is -2.22. The molecule has 2 nitrogen and oxygen atoms in total. The lowest BCUT2D eigenvalue weighted by atomic mass is 10.2. The standard InChI is InChI=1S/C13H25NOS/c1-16-10-5-3-2-4-8-14-11-13-7-6-9-15-12-13/h7,14H,2-6,8-12H2,1H3. The first-order chi connectivity index (χ1) is 7.93. The van der Waals surface area contributed by atoms with Gasteiger partial charge in [0, 0.05) is 6.54 Å². The average Bonchev–Trinajstić information content (AvgIpc) is 2.34. The molecule has 3 heteroatoms. The van der Waals surface area contributed by atoms with E-state index in [1.165, 1.54) is 37.0 Å². The molecule has 16 heavy (non-hydrogen) atoms. The molecule has 0 saturated carbocycles. The molecule has 0 aromatic carbocycles. The van der Waals surface area contributed by atoms with Crippen LogP contribution in [0.15, 0.2) is 11.6 Å². The zero-order valence-electron chi connectivity index (χ0n) is 10.5. The quantitative estimate of drug-likeness (QED) is 0.497. The summed E-state index contributed by atoms with van der Waals surface area (Å²) in [6, 6.07) is 0. The van der Waals surface area contributed by atoms with Gasteiger partial charge in [0.2, 0.25) is 0 Å². The van der Waals surface area contributed by atoms with E-state index in [1.54, 1.807) is 0 Å². The Morgan fingerprint density at radius 3 is 2.94 bits per heavy atom. The fourth-order valence-corrected chi connectivity index (χ4v) is 2.32. The predicted octanol–water partition coefficient (Wildman–Crippen LogP) is 2.85. The summed E-state index contributed by atoms with van der Waals surface area (Å²) >= 11 is 1.95. The molecule has 0 fully saturated rings. The Morgan fingerprint density at radius 1 is 1.31 bits per heavy atom. The average molecular weight is 243 g/mol. The van der Waals surface area contributed by atoms with Crippen LogP contribution in [0.3, 0.4) is 0 Å². The van der Waals surface area contributed by atoms with Crippen LogP contribution in [0, 0.1) is 0 Å². The van der Waals surface area contributed by atoms with E-state index in [-0.39, 0.29) is 0 Å². The zero-order valence-corrected chi connectivity index (χ0v) is 11.3. The summed E-state index contributed by atoms with van der Waals surface area (Å²) < 4.78 is 5.39. The van der Waals surface area contributed by atoms with E-state index < -0.39 is 0 Å². The van der Waals surface area contributed by atoms with Gasteiger partial charge in [0.25, 0.3) is 0 Å². The van der Waals surface area contributed by atoms with Crippen LogP contribution < -0.4 is 5.32 Å². The third-order valence-corrected chi connectivity index (χ3v) is 3.48. The number of hydrogen-bond acceptors (Lipinski definition) is 3. The highest BCUT2D eigenvalue weighted by molar-refractivity contribution is 7.98. The summed E-state index contributed by atoms with van der Waals surface area (Å²) in [5.74, 6) is 1.32. The summed E-state index contributed by atoms with van der Waals surface area (Å²) in [6.45, 7) is 3.90. The number of unbranched alkanes of at least 4 members (excludes halogenated alkanes) is 3. The maximum atomic E-state index is 5.39. The number of hydrogen-bond donors (Lipinski definition) is 1. The molecule has 0 atom stereocenters. The summed E-state index contributed by atoms with van der Waals surface area (Å²) in [6.07, 6.45) is 11.0. The molecule has 0 aromatic heterocycles. The molecule has 0 spiro atoms. The van der Waals surface area contributed by atoms with E-state index in [0.29, 0.717) is 0 Å². The summed E-state index contributed by atoms with van der Waals surface area (Å²) in [5, 5.41) is 3.49. The monoisotopic (exact) mass is 243 g/mol. The molecule has 0 bridgehead atoms. The fraction of sp³-hybridized carbons (Fsp3) is 0.846. The van der Waals surface area contributed by atoms with Gasteiger partial charge in [-0.1, -0.05) is 18.9 Å². The van der Waals surface area contributed by atoms with Crippen LogP contribution in [-0.4, -0.2) is 38.3 Å². The topological polar surface area (TPSA) is 21.3 Å². The van der Waals surface area contributed by atoms with Gasteiger partial charge in [-0.3, -0.25) is 0 Å². The second kappa shape index (κ2) is 10.2. The van der Waals surface area contributed by atoms with Gasteiger partial charge >= 0.3 is 0 Å². The molecule has 1 aliphatic rings. The number of ether oxygens (including phenoxy) is 1. The van der Waals surface area contributed by atoms with Gasteiger partial charge < -0.3 is 10.1 Å². The van der Waals surface area contributed by atoms with Crippen LogP contribution in [-0.2, 0) is 4.74 Å². The normalized spacial score (nSPS) is 16.2. The Hall–Kier alpha value is 0.01000. The van der Waals surface area contributed by atoms with Crippen LogP contribution in [0.5, 0.6) is 0 Å². The molecular formula is C13H25NOS. The Labute approximate surface area is 104 Å². The van der Waals surface area contributed by atoms with Crippen molar-refractivity contribution in [2.24, 2.45) is 0 Å². The molecule has 1 N–H and O–H groups in total. The van der Waals surface area contributed by atoms with Crippen LogP contribution in [0.4, 0.5) is 0 Å². The molecule has 0 aromatic rings. The molecule has 0 saturated heterocycles. The number of nitrogens with one attached hydrogen (secondary N) is 1. The van der Waals surface area contributed by atoms with Crippen molar-refractivity contribution in [1.82, 2.24) is 5.32 Å². The van der Waals surface area contributed by atoms with Crippen molar-refractivity contribution in [1.29, 1.82) is 0 Å². The van der Waals surface area contributed by atoms with E-state index >= 15 is 0 Å². The predicted molar refractivity (Wildman–Crippen MR) is 73.2 cm³/mol. The first-order valence-electron chi connectivity index (χ1n) is 6.39. The van der Waals surface area contributed by atoms with Crippen molar-refractivity contribution in [3.8, 4) is 0 Å². The molecule has 0 unspecified atom stereocenters. The van der Waals surface area contributed by atoms with Gasteiger partial charge in [0.1, 0.15) is 0 Å². The van der Waals surface area contributed by atoms with Gasteiger partial charge in [-0.2, -0.15) is 11.8 Å². The van der Waals surface area contributed by atoms with Crippen LogP contribution in [0.25, 0.3) is 0 Å². The lowest BCUT2D eigenvalue weighted by Gasteiger charge is -2.14. The molecule has 1 rings (SSSR count). The van der Waals surface area contributed by atoms with Gasteiger partial charge in [0.15, 0.2) is 0 Å². The maximum Gasteiger partial charge on any atom is 0.0689 e. The van der Waals surface area contributed by atoms with Crippen molar-refractivity contribution in [2.45, 2.75) is 32.1 Å². The van der Waals surface area contributed by atoms with Crippen LogP contribution in [0.1, 0.15) is 32.1 Å². The molecule has 0 amide bonds. The Bertz CT molecular complexity index is 194. The summed E-state index contributed by atoms with van der Waals surface area (Å²) in [5.41, 5.74) is 1.42. The molecule has 0 radical (unpaired) electrons. The minimum absolute atomic E-state index is 0.834. The minimum Gasteiger partial charge on any atom is -0.377 e. The van der Waals surface area contributed by atoms with Gasteiger partial charge in [-0.25, -0.2) is 0 Å². The third-order valence-electron chi connectivity index (χ3n) is 2.79. The van der Waals surface area contributed by atoms with Crippen molar-refractivity contribution in [3.63, 3.8) is 0 Å². The minimum atomic E-state index is 0.834. The van der Waals surface area contributed by atoms with Crippen LogP contribution in [0.2, 0.25) is 0 Å². The molecule has 1 heterocycles. The maximum absolute atomic E-state index is 5.39. The number of thioether (sulfide) groups is 1. The van der Waals surface area contributed by atoms with Gasteiger partial charge in [-0.15, -0.1) is 0 Å². The van der Waals surface area contributed by atoms with Crippen LogP contribution >= 0.6 is 11.8 Å². The van der Waals surface area contributed by atoms with Crippen molar-refractivity contribution >= 4 is 11.8 Å². The first-order valence-corrected chi connectivity index (χ1v) is 7.78. The van der Waals surface area contributed by atoms with Gasteiger partial charge in [0.05, 0.1) is 13.2 Å². The highest BCUT2D eigenvalue weighted by Gasteiger charge is 2.02. The lowest BCUT2D eigenvalue weighted by molar-refractivity contribution is 0.149. The van der Waals surface area contributed by atoms with Crippen molar-refractivity contribution in [2.75, 3.05) is 38.3 Å². The highest BCUT2D eigenvalue weighted by atomic mass is 32.2. The zero-order chi connectivity index (χ0) is 11.5. The Morgan fingerprint density at radius 2 is 2.19 bits per heavy atom. The smallest absolute Gasteiger partial charge is 0.0689 e. The van der Waals surface area contributed by atoms with E-state index in [2.05, 4.69) is 17.6 Å². The Kier molecular flexibility index (Phi) is 8.96. The first kappa shape index (κ1) is 14.1. The second-order valence-corrected chi connectivity index (χ2v) is 5.27. The SMILES string of the molecule is CSCCCCCCNCC1=CCCOC1. The fourth-order valence-electron chi connectivity index (χ4n) is 1.83. The number of rotatable bonds is 9. The highest BCUT2D eigenvalue weighted by Crippen LogP contribution is 2.05. The molecule has 94 valence electrons. The van der Waals surface area contributed by atoms with E-state index in [0.717, 1.165) is 32.7 Å². The van der Waals surface area contributed by atoms with E-state index in [1.807, 2.05) is 11.8 Å². The molecule has 1 aliphatic heterocycles. The van der Waals surface area contributed by atoms with Gasteiger partial charge in [-0.05, 0) is 43.4 Å². The molecule has 0 aliphatic carbocycles. The summed E-state index contributed by atoms with van der Waals surface area (Å²) in [4.78, 5) is 0. The second-order valence-electron chi connectivity index (χ2n) is 4.29. The van der Waals surface area contributed by atoms with E-state index in [4.69, 9.17) is 4.74 Å².